The summed E-state index contributed by atoms with van der Waals surface area (Å²) in [4.78, 5) is 5.08. The number of rotatable bonds is 4. The van der Waals surface area contributed by atoms with Crippen molar-refractivity contribution in [1.82, 2.24) is 4.98 Å². The monoisotopic (exact) mass is 501 g/mol. The number of hydrogen-bond acceptors (Lipinski definition) is 1. The average molecular weight is 502 g/mol. The average Bonchev–Trinajstić information content (AvgIpc) is 2.88. The van der Waals surface area contributed by atoms with Gasteiger partial charge in [0.2, 0.25) is 0 Å². The van der Waals surface area contributed by atoms with Crippen molar-refractivity contribution in [3.05, 3.63) is 120 Å². The number of fused-ring (bicyclic) bond motifs is 1. The van der Waals surface area contributed by atoms with E-state index >= 15 is 0 Å². The molecule has 0 saturated carbocycles. The largest absolute Gasteiger partial charge is 0.256 e. The van der Waals surface area contributed by atoms with Crippen molar-refractivity contribution in [2.24, 2.45) is 0 Å². The molecule has 5 rings (SSSR count). The van der Waals surface area contributed by atoms with Crippen LogP contribution >= 0.6 is 7.92 Å². The Bertz CT molecular complexity index is 1480. The zero-order chi connectivity index (χ0) is 26.2. The van der Waals surface area contributed by atoms with E-state index in [1.165, 1.54) is 43.4 Å². The minimum Gasteiger partial charge on any atom is -0.256 e. The first kappa shape index (κ1) is 25.4. The molecule has 0 atom stereocenters. The molecule has 186 valence electrons. The van der Waals surface area contributed by atoms with E-state index < -0.39 is 7.92 Å². The second-order valence-electron chi connectivity index (χ2n) is 11.8. The Kier molecular flexibility index (Phi) is 6.78. The van der Waals surface area contributed by atoms with Crippen molar-refractivity contribution in [2.45, 2.75) is 52.4 Å². The molecule has 0 aliphatic rings. The summed E-state index contributed by atoms with van der Waals surface area (Å²) >= 11 is 0. The smallest absolute Gasteiger partial charge is 0.0789 e. The summed E-state index contributed by atoms with van der Waals surface area (Å²) < 4.78 is 0. The van der Waals surface area contributed by atoms with Gasteiger partial charge in [0.1, 0.15) is 0 Å². The molecule has 1 aromatic heterocycles. The summed E-state index contributed by atoms with van der Waals surface area (Å²) in [6.45, 7) is 14.0. The van der Waals surface area contributed by atoms with Gasteiger partial charge in [0.25, 0.3) is 0 Å². The molecular formula is C35H36NP. The standard InChI is InChI=1S/C35H36NP/c1-34(2,3)26-23-30(35(4,5)6)32(33-29-20-14-13-15-25(29)21-22-36-33)31(24-26)37(27-16-9-7-10-17-27)28-18-11-8-12-19-28/h7-24H,1-6H3. The molecule has 0 saturated heterocycles. The molecular weight excluding hydrogens is 465 g/mol. The third-order valence-electron chi connectivity index (χ3n) is 6.97. The SMILES string of the molecule is CC(C)(C)c1cc(P(c2ccccc2)c2ccccc2)c(-c2nccc3ccccc23)c(C(C)(C)C)c1. The molecule has 0 fully saturated rings. The summed E-state index contributed by atoms with van der Waals surface area (Å²) in [6, 6.07) is 37.8. The van der Waals surface area contributed by atoms with E-state index in [-0.39, 0.29) is 10.8 Å². The fourth-order valence-electron chi connectivity index (χ4n) is 4.98. The summed E-state index contributed by atoms with van der Waals surface area (Å²) in [5.41, 5.74) is 5.06. The summed E-state index contributed by atoms with van der Waals surface area (Å²) in [7, 11) is -0.813. The first-order chi connectivity index (χ1) is 17.6. The zero-order valence-electron chi connectivity index (χ0n) is 22.8. The van der Waals surface area contributed by atoms with E-state index in [9.17, 15) is 0 Å². The lowest BCUT2D eigenvalue weighted by molar-refractivity contribution is 0.570. The predicted octanol–water partition coefficient (Wildman–Crippen LogP) is 8.26. The van der Waals surface area contributed by atoms with Crippen molar-refractivity contribution in [2.75, 3.05) is 0 Å². The van der Waals surface area contributed by atoms with E-state index in [1.807, 2.05) is 6.20 Å². The molecule has 0 unspecified atom stereocenters. The van der Waals surface area contributed by atoms with Crippen LogP contribution in [0.2, 0.25) is 0 Å². The topological polar surface area (TPSA) is 12.9 Å². The third kappa shape index (κ3) is 5.11. The van der Waals surface area contributed by atoms with Gasteiger partial charge >= 0.3 is 0 Å². The molecule has 0 spiro atoms. The number of hydrogen-bond donors (Lipinski definition) is 0. The van der Waals surface area contributed by atoms with Crippen molar-refractivity contribution < 1.29 is 0 Å². The van der Waals surface area contributed by atoms with Crippen LogP contribution in [0.4, 0.5) is 0 Å². The van der Waals surface area contributed by atoms with Gasteiger partial charge in [0.15, 0.2) is 0 Å². The zero-order valence-corrected chi connectivity index (χ0v) is 23.7. The van der Waals surface area contributed by atoms with E-state index in [0.717, 1.165) is 5.69 Å². The van der Waals surface area contributed by atoms with Crippen molar-refractivity contribution in [1.29, 1.82) is 0 Å². The minimum absolute atomic E-state index is 0.0217. The molecule has 4 aromatic carbocycles. The molecule has 37 heavy (non-hydrogen) atoms. The molecule has 0 aliphatic carbocycles. The number of pyridine rings is 1. The molecule has 1 nitrogen and oxygen atoms in total. The second-order valence-corrected chi connectivity index (χ2v) is 14.0. The molecule has 0 amide bonds. The Labute approximate surface area is 223 Å². The molecule has 0 bridgehead atoms. The van der Waals surface area contributed by atoms with Crippen LogP contribution < -0.4 is 15.9 Å². The summed E-state index contributed by atoms with van der Waals surface area (Å²) in [5.74, 6) is 0. The van der Waals surface area contributed by atoms with Gasteiger partial charge in [-0.25, -0.2) is 0 Å². The highest BCUT2D eigenvalue weighted by molar-refractivity contribution is 7.80. The van der Waals surface area contributed by atoms with Crippen LogP contribution in [0.1, 0.15) is 52.7 Å². The maximum absolute atomic E-state index is 5.08. The Balaban J connectivity index is 1.97. The van der Waals surface area contributed by atoms with Gasteiger partial charge in [0, 0.05) is 17.1 Å². The van der Waals surface area contributed by atoms with Gasteiger partial charge in [-0.1, -0.05) is 133 Å². The molecule has 5 aromatic rings. The van der Waals surface area contributed by atoms with E-state index in [2.05, 4.69) is 145 Å². The lowest BCUT2D eigenvalue weighted by Crippen LogP contribution is -2.28. The second kappa shape index (κ2) is 9.88. The van der Waals surface area contributed by atoms with Crippen LogP contribution in [-0.4, -0.2) is 4.98 Å². The predicted molar refractivity (Wildman–Crippen MR) is 163 cm³/mol. The minimum atomic E-state index is -0.813. The maximum atomic E-state index is 5.08. The van der Waals surface area contributed by atoms with Gasteiger partial charge < -0.3 is 0 Å². The number of benzene rings is 4. The van der Waals surface area contributed by atoms with Crippen LogP contribution in [0.5, 0.6) is 0 Å². The van der Waals surface area contributed by atoms with Crippen LogP contribution in [0.3, 0.4) is 0 Å². The Hall–Kier alpha value is -3.28. The third-order valence-corrected chi connectivity index (χ3v) is 9.44. The lowest BCUT2D eigenvalue weighted by Gasteiger charge is -2.32. The van der Waals surface area contributed by atoms with Gasteiger partial charge in [-0.15, -0.1) is 0 Å². The van der Waals surface area contributed by atoms with Gasteiger partial charge in [0.05, 0.1) is 5.69 Å². The lowest BCUT2D eigenvalue weighted by atomic mass is 9.77. The molecule has 0 radical (unpaired) electrons. The van der Waals surface area contributed by atoms with E-state index in [4.69, 9.17) is 4.98 Å². The Morgan fingerprint density at radius 2 is 1.16 bits per heavy atom. The maximum Gasteiger partial charge on any atom is 0.0789 e. The van der Waals surface area contributed by atoms with Crippen LogP contribution in [0, 0.1) is 0 Å². The summed E-state index contributed by atoms with van der Waals surface area (Å²) in [5, 5.41) is 6.53. The van der Waals surface area contributed by atoms with Crippen LogP contribution in [0.25, 0.3) is 22.0 Å². The highest BCUT2D eigenvalue weighted by atomic mass is 31.1. The fraction of sp³-hybridized carbons (Fsp3) is 0.229. The quantitative estimate of drug-likeness (QED) is 0.226. The number of nitrogens with zero attached hydrogens (tertiary/aromatic N) is 1. The van der Waals surface area contributed by atoms with Gasteiger partial charge in [-0.05, 0) is 63.3 Å². The van der Waals surface area contributed by atoms with Crippen molar-refractivity contribution in [3.63, 3.8) is 0 Å². The molecule has 0 N–H and O–H groups in total. The molecule has 1 heterocycles. The van der Waals surface area contributed by atoms with Crippen LogP contribution in [0.15, 0.2) is 109 Å². The fourth-order valence-corrected chi connectivity index (χ4v) is 7.49. The molecule has 0 aliphatic heterocycles. The van der Waals surface area contributed by atoms with E-state index in [0.29, 0.717) is 0 Å². The van der Waals surface area contributed by atoms with Crippen LogP contribution in [-0.2, 0) is 10.8 Å². The van der Waals surface area contributed by atoms with E-state index in [1.54, 1.807) is 0 Å². The molecule has 2 heteroatoms. The van der Waals surface area contributed by atoms with Crippen molar-refractivity contribution in [3.8, 4) is 11.3 Å². The first-order valence-corrected chi connectivity index (χ1v) is 14.4. The Morgan fingerprint density at radius 3 is 1.73 bits per heavy atom. The highest BCUT2D eigenvalue weighted by Gasteiger charge is 2.31. The summed E-state index contributed by atoms with van der Waals surface area (Å²) in [6.07, 6.45) is 1.97. The number of aromatic nitrogens is 1. The van der Waals surface area contributed by atoms with Gasteiger partial charge in [-0.3, -0.25) is 4.98 Å². The van der Waals surface area contributed by atoms with Gasteiger partial charge in [-0.2, -0.15) is 0 Å². The normalized spacial score (nSPS) is 12.3. The highest BCUT2D eigenvalue weighted by Crippen LogP contribution is 2.44. The Morgan fingerprint density at radius 1 is 0.595 bits per heavy atom. The first-order valence-electron chi connectivity index (χ1n) is 13.1. The van der Waals surface area contributed by atoms with Crippen molar-refractivity contribution >= 4 is 34.6 Å².